The van der Waals surface area contributed by atoms with E-state index in [-0.39, 0.29) is 11.4 Å². The number of rotatable bonds is 3. The molecule has 4 nitrogen and oxygen atoms in total. The van der Waals surface area contributed by atoms with Crippen molar-refractivity contribution in [3.8, 4) is 0 Å². The second kappa shape index (κ2) is 5.37. The summed E-state index contributed by atoms with van der Waals surface area (Å²) in [6, 6.07) is 7.59. The number of halogens is 3. The molecule has 0 saturated heterocycles. The topological polar surface area (TPSA) is 72.2 Å². The Bertz CT molecular complexity index is 726. The van der Waals surface area contributed by atoms with Gasteiger partial charge in [-0.25, -0.2) is 17.2 Å². The van der Waals surface area contributed by atoms with Crippen molar-refractivity contribution in [1.82, 2.24) is 0 Å². The Morgan fingerprint density at radius 1 is 1.05 bits per heavy atom. The first kappa shape index (κ1) is 14.7. The third-order valence-electron chi connectivity index (χ3n) is 2.39. The standard InChI is InChI=1S/C12H9BrF2N2O2S/c13-7-1-3-9(4-2-7)17-20(18,19)12-10(14)5-8(16)6-11(12)15/h1-6,17H,16H2. The highest BCUT2D eigenvalue weighted by atomic mass is 79.9. The van der Waals surface area contributed by atoms with Crippen LogP contribution in [-0.4, -0.2) is 8.42 Å². The maximum absolute atomic E-state index is 13.6. The molecule has 8 heteroatoms. The van der Waals surface area contributed by atoms with Gasteiger partial charge in [0.05, 0.1) is 0 Å². The Labute approximate surface area is 122 Å². The van der Waals surface area contributed by atoms with Crippen molar-refractivity contribution < 1.29 is 17.2 Å². The number of benzene rings is 2. The van der Waals surface area contributed by atoms with E-state index in [0.29, 0.717) is 0 Å². The van der Waals surface area contributed by atoms with Crippen LogP contribution in [0.2, 0.25) is 0 Å². The zero-order valence-corrected chi connectivity index (χ0v) is 12.3. The second-order valence-corrected chi connectivity index (χ2v) is 6.46. The molecule has 0 radical (unpaired) electrons. The van der Waals surface area contributed by atoms with Crippen molar-refractivity contribution in [2.75, 3.05) is 10.5 Å². The van der Waals surface area contributed by atoms with Crippen molar-refractivity contribution in [3.63, 3.8) is 0 Å². The highest BCUT2D eigenvalue weighted by Crippen LogP contribution is 2.24. The second-order valence-electron chi connectivity index (χ2n) is 3.93. The summed E-state index contributed by atoms with van der Waals surface area (Å²) in [5.41, 5.74) is 5.23. The summed E-state index contributed by atoms with van der Waals surface area (Å²) in [5.74, 6) is -2.49. The van der Waals surface area contributed by atoms with Crippen LogP contribution in [0.25, 0.3) is 0 Å². The first-order valence-corrected chi connectivity index (χ1v) is 7.60. The van der Waals surface area contributed by atoms with Crippen LogP contribution in [0, 0.1) is 11.6 Å². The molecule has 0 spiro atoms. The molecule has 0 aromatic heterocycles. The lowest BCUT2D eigenvalue weighted by molar-refractivity contribution is 0.522. The van der Waals surface area contributed by atoms with Crippen LogP contribution in [0.5, 0.6) is 0 Å². The Kier molecular flexibility index (Phi) is 3.96. The number of nitrogens with one attached hydrogen (secondary N) is 1. The van der Waals surface area contributed by atoms with Gasteiger partial charge in [0.15, 0.2) is 4.90 Å². The lowest BCUT2D eigenvalue weighted by Crippen LogP contribution is -2.16. The number of anilines is 2. The summed E-state index contributed by atoms with van der Waals surface area (Å²) in [6.45, 7) is 0. The van der Waals surface area contributed by atoms with Crippen molar-refractivity contribution >= 4 is 37.3 Å². The molecule has 0 heterocycles. The number of nitrogen functional groups attached to an aromatic ring is 1. The van der Waals surface area contributed by atoms with Crippen LogP contribution < -0.4 is 10.5 Å². The average molecular weight is 363 g/mol. The molecule has 0 bridgehead atoms. The first-order chi connectivity index (χ1) is 9.29. The van der Waals surface area contributed by atoms with Crippen molar-refractivity contribution in [1.29, 1.82) is 0 Å². The fourth-order valence-corrected chi connectivity index (χ4v) is 3.00. The van der Waals surface area contributed by atoms with E-state index in [1.807, 2.05) is 0 Å². The predicted octanol–water partition coefficient (Wildman–Crippen LogP) is 3.11. The Morgan fingerprint density at radius 2 is 1.55 bits per heavy atom. The summed E-state index contributed by atoms with van der Waals surface area (Å²) < 4.78 is 54.1. The fourth-order valence-electron chi connectivity index (χ4n) is 1.56. The van der Waals surface area contributed by atoms with Gasteiger partial charge < -0.3 is 5.73 Å². The van der Waals surface area contributed by atoms with Crippen LogP contribution in [-0.2, 0) is 10.0 Å². The van der Waals surface area contributed by atoms with E-state index < -0.39 is 26.6 Å². The first-order valence-electron chi connectivity index (χ1n) is 5.32. The maximum Gasteiger partial charge on any atom is 0.267 e. The zero-order valence-electron chi connectivity index (χ0n) is 9.90. The highest BCUT2D eigenvalue weighted by Gasteiger charge is 2.24. The summed E-state index contributed by atoms with van der Waals surface area (Å²) in [6.07, 6.45) is 0. The third-order valence-corrected chi connectivity index (χ3v) is 4.35. The van der Waals surface area contributed by atoms with Gasteiger partial charge in [0.25, 0.3) is 10.0 Å². The van der Waals surface area contributed by atoms with Crippen molar-refractivity contribution in [3.05, 3.63) is 52.5 Å². The smallest absolute Gasteiger partial charge is 0.267 e. The third kappa shape index (κ3) is 3.07. The molecular formula is C12H9BrF2N2O2S. The normalized spacial score (nSPS) is 11.3. The molecule has 0 fully saturated rings. The van der Waals surface area contributed by atoms with Gasteiger partial charge in [0.1, 0.15) is 11.6 Å². The minimum absolute atomic E-state index is 0.184. The van der Waals surface area contributed by atoms with Gasteiger partial charge in [-0.15, -0.1) is 0 Å². The van der Waals surface area contributed by atoms with Crippen LogP contribution >= 0.6 is 15.9 Å². The number of hydrogen-bond donors (Lipinski definition) is 2. The average Bonchev–Trinajstić information content (AvgIpc) is 2.30. The van der Waals surface area contributed by atoms with Crippen LogP contribution in [0.15, 0.2) is 45.8 Å². The summed E-state index contributed by atoms with van der Waals surface area (Å²) in [7, 11) is -4.38. The molecule has 106 valence electrons. The molecule has 0 saturated carbocycles. The quantitative estimate of drug-likeness (QED) is 0.824. The SMILES string of the molecule is Nc1cc(F)c(S(=O)(=O)Nc2ccc(Br)cc2)c(F)c1. The molecule has 0 amide bonds. The van der Waals surface area contributed by atoms with E-state index in [9.17, 15) is 17.2 Å². The van der Waals surface area contributed by atoms with Crippen LogP contribution in [0.3, 0.4) is 0 Å². The molecule has 0 aliphatic carbocycles. The van der Waals surface area contributed by atoms with Crippen molar-refractivity contribution in [2.45, 2.75) is 4.90 Å². The number of nitrogens with two attached hydrogens (primary N) is 1. The minimum Gasteiger partial charge on any atom is -0.399 e. The van der Waals surface area contributed by atoms with Gasteiger partial charge in [-0.1, -0.05) is 15.9 Å². The predicted molar refractivity (Wildman–Crippen MR) is 75.7 cm³/mol. The summed E-state index contributed by atoms with van der Waals surface area (Å²) in [5, 5.41) is 0. The maximum atomic E-state index is 13.6. The van der Waals surface area contributed by atoms with Gasteiger partial charge in [0.2, 0.25) is 0 Å². The Morgan fingerprint density at radius 3 is 2.05 bits per heavy atom. The van der Waals surface area contributed by atoms with E-state index >= 15 is 0 Å². The van der Waals surface area contributed by atoms with Gasteiger partial charge in [-0.3, -0.25) is 4.72 Å². The van der Waals surface area contributed by atoms with E-state index in [2.05, 4.69) is 20.7 Å². The fraction of sp³-hybridized carbons (Fsp3) is 0. The molecule has 0 aliphatic rings. The largest absolute Gasteiger partial charge is 0.399 e. The monoisotopic (exact) mass is 362 g/mol. The van der Waals surface area contributed by atoms with E-state index in [4.69, 9.17) is 5.73 Å². The Balaban J connectivity index is 2.43. The zero-order chi connectivity index (χ0) is 14.9. The lowest BCUT2D eigenvalue weighted by Gasteiger charge is -2.10. The van der Waals surface area contributed by atoms with Gasteiger partial charge >= 0.3 is 0 Å². The molecule has 20 heavy (non-hydrogen) atoms. The molecule has 0 unspecified atom stereocenters. The van der Waals surface area contributed by atoms with E-state index in [1.165, 1.54) is 12.1 Å². The highest BCUT2D eigenvalue weighted by molar-refractivity contribution is 9.10. The van der Waals surface area contributed by atoms with E-state index in [0.717, 1.165) is 16.6 Å². The summed E-state index contributed by atoms with van der Waals surface area (Å²) >= 11 is 3.19. The number of sulfonamides is 1. The van der Waals surface area contributed by atoms with Crippen LogP contribution in [0.4, 0.5) is 20.2 Å². The summed E-state index contributed by atoms with van der Waals surface area (Å²) in [4.78, 5) is -1.06. The van der Waals surface area contributed by atoms with E-state index in [1.54, 1.807) is 12.1 Å². The Hall–Kier alpha value is -1.67. The molecule has 2 aromatic rings. The van der Waals surface area contributed by atoms with Gasteiger partial charge in [-0.05, 0) is 36.4 Å². The molecule has 0 atom stereocenters. The molecular weight excluding hydrogens is 354 g/mol. The number of hydrogen-bond acceptors (Lipinski definition) is 3. The minimum atomic E-state index is -4.38. The van der Waals surface area contributed by atoms with Crippen LogP contribution in [0.1, 0.15) is 0 Å². The van der Waals surface area contributed by atoms with Gasteiger partial charge in [0, 0.05) is 15.8 Å². The van der Waals surface area contributed by atoms with Crippen molar-refractivity contribution in [2.24, 2.45) is 0 Å². The molecule has 2 rings (SSSR count). The molecule has 2 aromatic carbocycles. The molecule has 3 N–H and O–H groups in total. The lowest BCUT2D eigenvalue weighted by atomic mass is 10.3. The molecule has 0 aliphatic heterocycles. The van der Waals surface area contributed by atoms with Gasteiger partial charge in [-0.2, -0.15) is 0 Å².